The second-order valence-electron chi connectivity index (χ2n) is 2.74. The first kappa shape index (κ1) is 9.51. The molecular formula is C9H11NO3. The summed E-state index contributed by atoms with van der Waals surface area (Å²) in [6, 6.07) is 5.28. The second-order valence-corrected chi connectivity index (χ2v) is 2.74. The predicted octanol–water partition coefficient (Wildman–Crippen LogP) is 1.78. The topological polar surface area (TPSA) is 52.4 Å². The molecule has 70 valence electrons. The molecule has 0 saturated carbocycles. The van der Waals surface area contributed by atoms with Crippen LogP contribution in [0.1, 0.15) is 11.1 Å². The summed E-state index contributed by atoms with van der Waals surface area (Å²) in [4.78, 5) is 9.94. The summed E-state index contributed by atoms with van der Waals surface area (Å²) < 4.78 is 5.04. The van der Waals surface area contributed by atoms with Crippen LogP contribution in [0.5, 0.6) is 5.75 Å². The molecule has 0 radical (unpaired) electrons. The number of benzene rings is 1. The van der Waals surface area contributed by atoms with Crippen molar-refractivity contribution in [2.45, 2.75) is 13.5 Å². The highest BCUT2D eigenvalue weighted by Crippen LogP contribution is 2.20. The van der Waals surface area contributed by atoms with Gasteiger partial charge in [0.15, 0.2) is 0 Å². The van der Waals surface area contributed by atoms with E-state index in [2.05, 4.69) is 0 Å². The summed E-state index contributed by atoms with van der Waals surface area (Å²) in [6.45, 7) is 1.67. The molecule has 0 N–H and O–H groups in total. The van der Waals surface area contributed by atoms with Crippen molar-refractivity contribution in [3.63, 3.8) is 0 Å². The summed E-state index contributed by atoms with van der Waals surface area (Å²) in [7, 11) is 1.55. The van der Waals surface area contributed by atoms with E-state index >= 15 is 0 Å². The molecule has 0 bridgehead atoms. The largest absolute Gasteiger partial charge is 0.496 e. The van der Waals surface area contributed by atoms with Gasteiger partial charge in [0.1, 0.15) is 5.75 Å². The van der Waals surface area contributed by atoms with E-state index in [-0.39, 0.29) is 11.5 Å². The van der Waals surface area contributed by atoms with Gasteiger partial charge in [0, 0.05) is 16.1 Å². The lowest BCUT2D eigenvalue weighted by Gasteiger charge is -2.06. The normalized spacial score (nSPS) is 9.69. The molecule has 0 aliphatic rings. The van der Waals surface area contributed by atoms with E-state index in [4.69, 9.17) is 4.74 Å². The van der Waals surface area contributed by atoms with E-state index in [1.165, 1.54) is 0 Å². The lowest BCUT2D eigenvalue weighted by molar-refractivity contribution is -0.496. The van der Waals surface area contributed by atoms with E-state index in [0.29, 0.717) is 11.3 Å². The quantitative estimate of drug-likeness (QED) is 0.527. The van der Waals surface area contributed by atoms with Crippen LogP contribution in [-0.4, -0.2) is 12.0 Å². The molecule has 1 aromatic rings. The van der Waals surface area contributed by atoms with Crippen molar-refractivity contribution in [1.82, 2.24) is 0 Å². The van der Waals surface area contributed by atoms with E-state index in [1.54, 1.807) is 25.3 Å². The van der Waals surface area contributed by atoms with E-state index in [1.807, 2.05) is 6.92 Å². The number of rotatable bonds is 3. The fourth-order valence-electron chi connectivity index (χ4n) is 1.19. The van der Waals surface area contributed by atoms with Crippen molar-refractivity contribution in [2.75, 3.05) is 7.11 Å². The van der Waals surface area contributed by atoms with Gasteiger partial charge in [0.2, 0.25) is 6.54 Å². The minimum Gasteiger partial charge on any atom is -0.496 e. The smallest absolute Gasteiger partial charge is 0.229 e. The maximum absolute atomic E-state index is 10.3. The first-order valence-electron chi connectivity index (χ1n) is 3.89. The Balaban J connectivity index is 3.01. The Morgan fingerprint density at radius 3 is 2.77 bits per heavy atom. The number of nitrogens with zero attached hydrogens (tertiary/aromatic N) is 1. The molecule has 0 atom stereocenters. The van der Waals surface area contributed by atoms with Crippen molar-refractivity contribution in [3.8, 4) is 5.75 Å². The number of hydrogen-bond acceptors (Lipinski definition) is 3. The Kier molecular flexibility index (Phi) is 2.84. The van der Waals surface area contributed by atoms with Gasteiger partial charge < -0.3 is 4.74 Å². The van der Waals surface area contributed by atoms with E-state index < -0.39 is 0 Å². The third-order valence-electron chi connectivity index (χ3n) is 1.92. The van der Waals surface area contributed by atoms with Crippen LogP contribution in [0.3, 0.4) is 0 Å². The SMILES string of the molecule is COc1cccc(C[N+](=O)[O-])c1C. The van der Waals surface area contributed by atoms with Gasteiger partial charge in [-0.3, -0.25) is 10.1 Å². The molecule has 13 heavy (non-hydrogen) atoms. The second kappa shape index (κ2) is 3.89. The van der Waals surface area contributed by atoms with Crippen LogP contribution >= 0.6 is 0 Å². The van der Waals surface area contributed by atoms with Gasteiger partial charge in [-0.1, -0.05) is 12.1 Å². The average Bonchev–Trinajstić information content (AvgIpc) is 2.08. The molecule has 0 saturated heterocycles. The molecule has 0 spiro atoms. The first-order valence-corrected chi connectivity index (χ1v) is 3.89. The zero-order chi connectivity index (χ0) is 9.84. The molecule has 0 aromatic heterocycles. The molecule has 0 heterocycles. The highest BCUT2D eigenvalue weighted by Gasteiger charge is 2.08. The van der Waals surface area contributed by atoms with E-state index in [9.17, 15) is 10.1 Å². The van der Waals surface area contributed by atoms with Crippen LogP contribution in [0, 0.1) is 17.0 Å². The molecule has 1 aromatic carbocycles. The Morgan fingerprint density at radius 1 is 1.54 bits per heavy atom. The Hall–Kier alpha value is -1.58. The highest BCUT2D eigenvalue weighted by molar-refractivity contribution is 5.38. The third-order valence-corrected chi connectivity index (χ3v) is 1.92. The summed E-state index contributed by atoms with van der Waals surface area (Å²) in [5.74, 6) is 0.694. The minimum absolute atomic E-state index is 0.150. The van der Waals surface area contributed by atoms with Gasteiger partial charge in [0.25, 0.3) is 0 Å². The van der Waals surface area contributed by atoms with Gasteiger partial charge in [0.05, 0.1) is 7.11 Å². The van der Waals surface area contributed by atoms with Crippen LogP contribution in [0.4, 0.5) is 0 Å². The number of hydrogen-bond donors (Lipinski definition) is 0. The van der Waals surface area contributed by atoms with Gasteiger partial charge >= 0.3 is 0 Å². The third kappa shape index (κ3) is 2.18. The fourth-order valence-corrected chi connectivity index (χ4v) is 1.19. The highest BCUT2D eigenvalue weighted by atomic mass is 16.6. The molecule has 0 amide bonds. The number of ether oxygens (including phenoxy) is 1. The monoisotopic (exact) mass is 181 g/mol. The Labute approximate surface area is 76.3 Å². The maximum atomic E-state index is 10.3. The first-order chi connectivity index (χ1) is 6.15. The van der Waals surface area contributed by atoms with Crippen molar-refractivity contribution in [1.29, 1.82) is 0 Å². The number of nitro groups is 1. The van der Waals surface area contributed by atoms with Crippen LogP contribution in [-0.2, 0) is 6.54 Å². The van der Waals surface area contributed by atoms with Crippen LogP contribution in [0.15, 0.2) is 18.2 Å². The van der Waals surface area contributed by atoms with Crippen LogP contribution in [0.25, 0.3) is 0 Å². The van der Waals surface area contributed by atoms with Gasteiger partial charge in [-0.25, -0.2) is 0 Å². The zero-order valence-corrected chi connectivity index (χ0v) is 7.61. The molecule has 1 rings (SSSR count). The Morgan fingerprint density at radius 2 is 2.23 bits per heavy atom. The van der Waals surface area contributed by atoms with Gasteiger partial charge in [-0.15, -0.1) is 0 Å². The molecule has 0 aliphatic carbocycles. The average molecular weight is 181 g/mol. The molecule has 0 aliphatic heterocycles. The number of methoxy groups -OCH3 is 1. The van der Waals surface area contributed by atoms with Gasteiger partial charge in [-0.2, -0.15) is 0 Å². The van der Waals surface area contributed by atoms with E-state index in [0.717, 1.165) is 5.56 Å². The molecule has 0 fully saturated rings. The maximum Gasteiger partial charge on any atom is 0.229 e. The van der Waals surface area contributed by atoms with Gasteiger partial charge in [-0.05, 0) is 13.0 Å². The summed E-state index contributed by atoms with van der Waals surface area (Å²) in [5, 5.41) is 10.3. The van der Waals surface area contributed by atoms with Crippen molar-refractivity contribution >= 4 is 0 Å². The summed E-state index contributed by atoms with van der Waals surface area (Å²) in [5.41, 5.74) is 1.53. The molecule has 4 nitrogen and oxygen atoms in total. The summed E-state index contributed by atoms with van der Waals surface area (Å²) >= 11 is 0. The molecule has 4 heteroatoms. The summed E-state index contributed by atoms with van der Waals surface area (Å²) in [6.07, 6.45) is 0. The van der Waals surface area contributed by atoms with Crippen molar-refractivity contribution < 1.29 is 9.66 Å². The van der Waals surface area contributed by atoms with Crippen LogP contribution in [0.2, 0.25) is 0 Å². The lowest BCUT2D eigenvalue weighted by Crippen LogP contribution is -2.01. The minimum atomic E-state index is -0.345. The lowest BCUT2D eigenvalue weighted by atomic mass is 10.1. The zero-order valence-electron chi connectivity index (χ0n) is 7.61. The van der Waals surface area contributed by atoms with Crippen molar-refractivity contribution in [2.24, 2.45) is 0 Å². The van der Waals surface area contributed by atoms with Crippen LogP contribution < -0.4 is 4.74 Å². The predicted molar refractivity (Wildman–Crippen MR) is 48.4 cm³/mol. The standard InChI is InChI=1S/C9H11NO3/c1-7-8(6-10(11)12)4-3-5-9(7)13-2/h3-5H,6H2,1-2H3. The Bertz CT molecular complexity index is 323. The molecular weight excluding hydrogens is 170 g/mol. The van der Waals surface area contributed by atoms with Crippen molar-refractivity contribution in [3.05, 3.63) is 39.4 Å². The fraction of sp³-hybridized carbons (Fsp3) is 0.333. The molecule has 0 unspecified atom stereocenters.